The summed E-state index contributed by atoms with van der Waals surface area (Å²) in [4.78, 5) is 6.45. The standard InChI is InChI=1S/C14H17N5O/c1-10-8-12(18-17-10)15-13-9-20-14(16-13)19(2)11-6-4-3-5-7-11/h3-8,13H,9H2,1-2H3,(H2,15,17,18). The molecule has 0 saturated heterocycles. The molecule has 2 N–H and O–H groups in total. The maximum absolute atomic E-state index is 5.64. The SMILES string of the molecule is Cc1cc(NC2COC(N(C)c3ccccc3)=N2)n[nH]1. The molecule has 104 valence electrons. The summed E-state index contributed by atoms with van der Waals surface area (Å²) in [5.74, 6) is 0.781. The molecule has 1 aromatic carbocycles. The number of amidine groups is 1. The van der Waals surface area contributed by atoms with Crippen LogP contribution in [0.5, 0.6) is 0 Å². The Morgan fingerprint density at radius 3 is 2.85 bits per heavy atom. The Bertz CT molecular complexity index is 607. The summed E-state index contributed by atoms with van der Waals surface area (Å²) in [5, 5.41) is 10.2. The van der Waals surface area contributed by atoms with Gasteiger partial charge in [-0.1, -0.05) is 18.2 Å². The Kier molecular flexibility index (Phi) is 3.28. The number of ether oxygens (including phenoxy) is 1. The zero-order chi connectivity index (χ0) is 13.9. The van der Waals surface area contributed by atoms with Crippen molar-refractivity contribution >= 4 is 17.5 Å². The molecular formula is C14H17N5O. The van der Waals surface area contributed by atoms with Crippen molar-refractivity contribution < 1.29 is 4.74 Å². The summed E-state index contributed by atoms with van der Waals surface area (Å²) < 4.78 is 5.64. The first kappa shape index (κ1) is 12.5. The largest absolute Gasteiger partial charge is 0.461 e. The molecule has 3 rings (SSSR count). The second-order valence-electron chi connectivity index (χ2n) is 4.71. The minimum atomic E-state index is -0.112. The summed E-state index contributed by atoms with van der Waals surface area (Å²) in [6.45, 7) is 2.46. The van der Waals surface area contributed by atoms with Crippen LogP contribution < -0.4 is 10.2 Å². The topological polar surface area (TPSA) is 65.5 Å². The van der Waals surface area contributed by atoms with Crippen LogP contribution in [0, 0.1) is 6.92 Å². The van der Waals surface area contributed by atoms with Gasteiger partial charge in [-0.3, -0.25) is 10.00 Å². The van der Waals surface area contributed by atoms with Crippen molar-refractivity contribution in [2.75, 3.05) is 23.9 Å². The summed E-state index contributed by atoms with van der Waals surface area (Å²) in [5.41, 5.74) is 2.06. The fraction of sp³-hybridized carbons (Fsp3) is 0.286. The molecule has 0 radical (unpaired) electrons. The molecule has 1 aliphatic rings. The second-order valence-corrected chi connectivity index (χ2v) is 4.71. The maximum atomic E-state index is 5.64. The summed E-state index contributed by atoms with van der Waals surface area (Å²) in [6.07, 6.45) is -0.112. The number of nitrogens with one attached hydrogen (secondary N) is 2. The molecule has 2 heterocycles. The van der Waals surface area contributed by atoms with Crippen LogP contribution in [-0.2, 0) is 4.74 Å². The molecular weight excluding hydrogens is 254 g/mol. The zero-order valence-corrected chi connectivity index (χ0v) is 11.5. The van der Waals surface area contributed by atoms with E-state index in [-0.39, 0.29) is 6.17 Å². The first-order chi connectivity index (χ1) is 9.72. The second kappa shape index (κ2) is 5.24. The Morgan fingerprint density at radius 1 is 1.35 bits per heavy atom. The molecule has 20 heavy (non-hydrogen) atoms. The molecule has 0 fully saturated rings. The number of aryl methyl sites for hydroxylation is 1. The normalized spacial score (nSPS) is 17.5. The third-order valence-electron chi connectivity index (χ3n) is 3.09. The van der Waals surface area contributed by atoms with E-state index in [4.69, 9.17) is 4.74 Å². The fourth-order valence-electron chi connectivity index (χ4n) is 2.04. The average Bonchev–Trinajstić information content (AvgIpc) is 3.09. The third kappa shape index (κ3) is 2.59. The van der Waals surface area contributed by atoms with Gasteiger partial charge in [0.1, 0.15) is 12.4 Å². The average molecular weight is 271 g/mol. The molecule has 1 aromatic heterocycles. The van der Waals surface area contributed by atoms with Crippen LogP contribution in [-0.4, -0.2) is 36.0 Å². The lowest BCUT2D eigenvalue weighted by Gasteiger charge is -2.17. The van der Waals surface area contributed by atoms with Gasteiger partial charge in [0.05, 0.1) is 0 Å². The van der Waals surface area contributed by atoms with Gasteiger partial charge in [-0.2, -0.15) is 5.10 Å². The molecule has 0 aliphatic carbocycles. The Labute approximate surface area is 117 Å². The Morgan fingerprint density at radius 2 is 2.15 bits per heavy atom. The number of aromatic amines is 1. The first-order valence-electron chi connectivity index (χ1n) is 6.50. The predicted molar refractivity (Wildman–Crippen MR) is 79.0 cm³/mol. The van der Waals surface area contributed by atoms with Gasteiger partial charge in [-0.25, -0.2) is 4.99 Å². The van der Waals surface area contributed by atoms with Gasteiger partial charge in [0.2, 0.25) is 0 Å². The predicted octanol–water partition coefficient (Wildman–Crippen LogP) is 1.98. The number of aromatic nitrogens is 2. The van der Waals surface area contributed by atoms with Gasteiger partial charge in [-0.15, -0.1) is 0 Å². The number of hydrogen-bond donors (Lipinski definition) is 2. The van der Waals surface area contributed by atoms with Crippen LogP contribution in [0.2, 0.25) is 0 Å². The van der Waals surface area contributed by atoms with Crippen molar-refractivity contribution in [2.24, 2.45) is 4.99 Å². The molecule has 1 atom stereocenters. The molecule has 0 amide bonds. The number of benzene rings is 1. The molecule has 6 heteroatoms. The van der Waals surface area contributed by atoms with Gasteiger partial charge < -0.3 is 10.1 Å². The van der Waals surface area contributed by atoms with E-state index in [9.17, 15) is 0 Å². The van der Waals surface area contributed by atoms with Crippen LogP contribution in [0.15, 0.2) is 41.4 Å². The van der Waals surface area contributed by atoms with Crippen molar-refractivity contribution in [3.05, 3.63) is 42.1 Å². The highest BCUT2D eigenvalue weighted by Gasteiger charge is 2.22. The lowest BCUT2D eigenvalue weighted by molar-refractivity contribution is 0.319. The lowest BCUT2D eigenvalue weighted by atomic mass is 10.3. The van der Waals surface area contributed by atoms with Crippen LogP contribution in [0.4, 0.5) is 11.5 Å². The number of aliphatic imine (C=N–C) groups is 1. The van der Waals surface area contributed by atoms with E-state index in [0.717, 1.165) is 17.2 Å². The number of nitrogens with zero attached hydrogens (tertiary/aromatic N) is 3. The molecule has 1 aliphatic heterocycles. The lowest BCUT2D eigenvalue weighted by Crippen LogP contribution is -2.26. The monoisotopic (exact) mass is 271 g/mol. The van der Waals surface area contributed by atoms with Crippen LogP contribution >= 0.6 is 0 Å². The quantitative estimate of drug-likeness (QED) is 0.896. The molecule has 2 aromatic rings. The molecule has 0 saturated carbocycles. The smallest absolute Gasteiger partial charge is 0.294 e. The van der Waals surface area contributed by atoms with Gasteiger partial charge in [0, 0.05) is 24.5 Å². The van der Waals surface area contributed by atoms with Crippen LogP contribution in [0.1, 0.15) is 5.69 Å². The van der Waals surface area contributed by atoms with E-state index in [2.05, 4.69) is 20.5 Å². The van der Waals surface area contributed by atoms with Crippen molar-refractivity contribution in [1.82, 2.24) is 10.2 Å². The van der Waals surface area contributed by atoms with Gasteiger partial charge in [0.15, 0.2) is 6.17 Å². The number of anilines is 2. The zero-order valence-electron chi connectivity index (χ0n) is 11.5. The summed E-state index contributed by atoms with van der Waals surface area (Å²) in [6, 6.07) is 12.6. The highest BCUT2D eigenvalue weighted by atomic mass is 16.5. The maximum Gasteiger partial charge on any atom is 0.294 e. The van der Waals surface area contributed by atoms with Gasteiger partial charge in [0.25, 0.3) is 6.02 Å². The number of hydrogen-bond acceptors (Lipinski definition) is 5. The van der Waals surface area contributed by atoms with Crippen molar-refractivity contribution in [3.63, 3.8) is 0 Å². The van der Waals surface area contributed by atoms with E-state index in [1.54, 1.807) is 0 Å². The third-order valence-corrected chi connectivity index (χ3v) is 3.09. The van der Waals surface area contributed by atoms with E-state index in [0.29, 0.717) is 12.6 Å². The van der Waals surface area contributed by atoms with Crippen molar-refractivity contribution in [3.8, 4) is 0 Å². The van der Waals surface area contributed by atoms with Crippen LogP contribution in [0.25, 0.3) is 0 Å². The van der Waals surface area contributed by atoms with E-state index >= 15 is 0 Å². The van der Waals surface area contributed by atoms with Gasteiger partial charge >= 0.3 is 0 Å². The highest BCUT2D eigenvalue weighted by Crippen LogP contribution is 2.17. The summed E-state index contributed by atoms with van der Waals surface area (Å²) >= 11 is 0. The molecule has 6 nitrogen and oxygen atoms in total. The number of H-pyrrole nitrogens is 1. The van der Waals surface area contributed by atoms with Crippen molar-refractivity contribution in [2.45, 2.75) is 13.1 Å². The Balaban J connectivity index is 1.68. The first-order valence-corrected chi connectivity index (χ1v) is 6.50. The van der Waals surface area contributed by atoms with Crippen molar-refractivity contribution in [1.29, 1.82) is 0 Å². The number of rotatable bonds is 3. The highest BCUT2D eigenvalue weighted by molar-refractivity contribution is 5.92. The summed E-state index contributed by atoms with van der Waals surface area (Å²) in [7, 11) is 1.94. The van der Waals surface area contributed by atoms with Gasteiger partial charge in [-0.05, 0) is 19.1 Å². The molecule has 0 bridgehead atoms. The minimum absolute atomic E-state index is 0.112. The fourth-order valence-corrected chi connectivity index (χ4v) is 2.04. The number of para-hydroxylation sites is 1. The minimum Gasteiger partial charge on any atom is -0.461 e. The van der Waals surface area contributed by atoms with E-state index < -0.39 is 0 Å². The van der Waals surface area contributed by atoms with E-state index in [1.807, 2.05) is 55.3 Å². The van der Waals surface area contributed by atoms with E-state index in [1.165, 1.54) is 0 Å². The van der Waals surface area contributed by atoms with Crippen LogP contribution in [0.3, 0.4) is 0 Å². The molecule has 0 spiro atoms. The Hall–Kier alpha value is -2.50. The molecule has 1 unspecified atom stereocenters.